The monoisotopic (exact) mass is 403 g/mol. The molecule has 0 unspecified atom stereocenters. The molecule has 2 aromatic carbocycles. The molecule has 1 aliphatic rings. The summed E-state index contributed by atoms with van der Waals surface area (Å²) in [5, 5.41) is 7.55. The van der Waals surface area contributed by atoms with E-state index in [1.54, 1.807) is 29.8 Å². The molecule has 6 heteroatoms. The summed E-state index contributed by atoms with van der Waals surface area (Å²) in [6, 6.07) is 17.3. The molecule has 154 valence electrons. The van der Waals surface area contributed by atoms with Crippen LogP contribution < -0.4 is 5.32 Å². The Hall–Kier alpha value is -3.41. The Labute approximate surface area is 175 Å². The van der Waals surface area contributed by atoms with Crippen molar-refractivity contribution in [2.75, 3.05) is 6.61 Å². The molecule has 30 heavy (non-hydrogen) atoms. The molecule has 0 bridgehead atoms. The van der Waals surface area contributed by atoms with Crippen LogP contribution in [0.2, 0.25) is 0 Å². The molecule has 4 rings (SSSR count). The maximum atomic E-state index is 12.4. The van der Waals surface area contributed by atoms with E-state index in [-0.39, 0.29) is 18.2 Å². The van der Waals surface area contributed by atoms with Crippen molar-refractivity contribution in [1.29, 1.82) is 0 Å². The van der Waals surface area contributed by atoms with Gasteiger partial charge in [-0.15, -0.1) is 0 Å². The average molecular weight is 403 g/mol. The van der Waals surface area contributed by atoms with Crippen LogP contribution in [0.4, 0.5) is 0 Å². The van der Waals surface area contributed by atoms with Crippen molar-refractivity contribution < 1.29 is 14.3 Å². The fraction of sp³-hybridized carbons (Fsp3) is 0.292. The molecule has 3 aromatic rings. The second-order valence-corrected chi connectivity index (χ2v) is 7.51. The summed E-state index contributed by atoms with van der Waals surface area (Å²) in [6.07, 6.45) is 3.27. The first kappa shape index (κ1) is 19.9. The number of esters is 1. The van der Waals surface area contributed by atoms with Crippen LogP contribution in [0.25, 0.3) is 16.9 Å². The summed E-state index contributed by atoms with van der Waals surface area (Å²) in [7, 11) is 0. The quantitative estimate of drug-likeness (QED) is 0.623. The minimum absolute atomic E-state index is 0.0574. The standard InChI is InChI=1S/C24H25N3O3/c1-3-30-24(29)21-15-22(20-10-5-4-7-16(20)2)27(26-21)19-13-11-17(12-14-19)23(28)25-18-8-6-9-18/h4-5,7,10-15,18H,3,6,8-9H2,1-2H3,(H,25,28). The van der Waals surface area contributed by atoms with Gasteiger partial charge in [0.05, 0.1) is 18.0 Å². The molecule has 1 aromatic heterocycles. The van der Waals surface area contributed by atoms with Gasteiger partial charge in [0.2, 0.25) is 0 Å². The number of hydrogen-bond donors (Lipinski definition) is 1. The van der Waals surface area contributed by atoms with Crippen molar-refractivity contribution in [2.24, 2.45) is 0 Å². The predicted molar refractivity (Wildman–Crippen MR) is 115 cm³/mol. The van der Waals surface area contributed by atoms with Crippen LogP contribution in [0.1, 0.15) is 52.6 Å². The minimum atomic E-state index is -0.456. The topological polar surface area (TPSA) is 73.2 Å². The maximum absolute atomic E-state index is 12.4. The highest BCUT2D eigenvalue weighted by Crippen LogP contribution is 2.27. The first-order valence-corrected chi connectivity index (χ1v) is 10.3. The molecule has 0 atom stereocenters. The summed E-state index contributed by atoms with van der Waals surface area (Å²) in [6.45, 7) is 4.07. The van der Waals surface area contributed by atoms with E-state index in [0.29, 0.717) is 11.6 Å². The zero-order valence-electron chi connectivity index (χ0n) is 17.2. The van der Waals surface area contributed by atoms with Crippen molar-refractivity contribution in [2.45, 2.75) is 39.2 Å². The number of ether oxygens (including phenoxy) is 1. The number of aromatic nitrogens is 2. The Morgan fingerprint density at radius 3 is 2.50 bits per heavy atom. The first-order valence-electron chi connectivity index (χ1n) is 10.3. The van der Waals surface area contributed by atoms with Crippen molar-refractivity contribution in [3.63, 3.8) is 0 Å². The molecule has 0 saturated heterocycles. The third-order valence-corrected chi connectivity index (χ3v) is 5.43. The van der Waals surface area contributed by atoms with Gasteiger partial charge in [-0.1, -0.05) is 24.3 Å². The van der Waals surface area contributed by atoms with Crippen molar-refractivity contribution in [3.05, 3.63) is 71.4 Å². The summed E-state index contributed by atoms with van der Waals surface area (Å²) in [5.41, 5.74) is 4.48. The second-order valence-electron chi connectivity index (χ2n) is 7.51. The van der Waals surface area contributed by atoms with Gasteiger partial charge in [-0.2, -0.15) is 5.10 Å². The molecule has 1 saturated carbocycles. The van der Waals surface area contributed by atoms with Crippen LogP contribution in [0.15, 0.2) is 54.6 Å². The summed E-state index contributed by atoms with van der Waals surface area (Å²) < 4.78 is 6.86. The van der Waals surface area contributed by atoms with Gasteiger partial charge >= 0.3 is 5.97 Å². The number of nitrogens with zero attached hydrogens (tertiary/aromatic N) is 2. The summed E-state index contributed by atoms with van der Waals surface area (Å²) in [4.78, 5) is 24.7. The van der Waals surface area contributed by atoms with E-state index in [1.807, 2.05) is 43.3 Å². The normalized spacial score (nSPS) is 13.5. The van der Waals surface area contributed by atoms with Crippen molar-refractivity contribution in [1.82, 2.24) is 15.1 Å². The van der Waals surface area contributed by atoms with Crippen LogP contribution in [-0.2, 0) is 4.74 Å². The molecule has 1 fully saturated rings. The zero-order chi connectivity index (χ0) is 21.1. The Balaban J connectivity index is 1.69. The van der Waals surface area contributed by atoms with Crippen molar-refractivity contribution >= 4 is 11.9 Å². The molecule has 0 radical (unpaired) electrons. The van der Waals surface area contributed by atoms with E-state index in [9.17, 15) is 9.59 Å². The molecular formula is C24H25N3O3. The SMILES string of the molecule is CCOC(=O)c1cc(-c2ccccc2C)n(-c2ccc(C(=O)NC3CCC3)cc2)n1. The lowest BCUT2D eigenvalue weighted by Crippen LogP contribution is -2.39. The number of rotatable bonds is 6. The van der Waals surface area contributed by atoms with Gasteiger partial charge < -0.3 is 10.1 Å². The fourth-order valence-corrected chi connectivity index (χ4v) is 3.51. The van der Waals surface area contributed by atoms with Crippen molar-refractivity contribution in [3.8, 4) is 16.9 Å². The predicted octanol–water partition coefficient (Wildman–Crippen LogP) is 4.31. The Bertz CT molecular complexity index is 1070. The van der Waals surface area contributed by atoms with Gasteiger partial charge in [-0.05, 0) is 69.0 Å². The number of nitrogens with one attached hydrogen (secondary N) is 1. The summed E-state index contributed by atoms with van der Waals surface area (Å²) in [5.74, 6) is -0.513. The highest BCUT2D eigenvalue weighted by Gasteiger charge is 2.21. The largest absolute Gasteiger partial charge is 0.461 e. The van der Waals surface area contributed by atoms with Crippen LogP contribution in [0.5, 0.6) is 0 Å². The van der Waals surface area contributed by atoms with E-state index < -0.39 is 5.97 Å². The Morgan fingerprint density at radius 1 is 1.13 bits per heavy atom. The molecule has 1 heterocycles. The van der Waals surface area contributed by atoms with E-state index in [0.717, 1.165) is 35.3 Å². The first-order chi connectivity index (χ1) is 14.6. The van der Waals surface area contributed by atoms with E-state index in [2.05, 4.69) is 10.4 Å². The van der Waals surface area contributed by atoms with Gasteiger partial charge in [-0.3, -0.25) is 4.79 Å². The lowest BCUT2D eigenvalue weighted by atomic mass is 9.93. The molecule has 0 spiro atoms. The van der Waals surface area contributed by atoms with Gasteiger partial charge in [-0.25, -0.2) is 9.48 Å². The molecule has 6 nitrogen and oxygen atoms in total. The average Bonchev–Trinajstić information content (AvgIpc) is 3.16. The minimum Gasteiger partial charge on any atom is -0.461 e. The number of benzene rings is 2. The number of amides is 1. The highest BCUT2D eigenvalue weighted by molar-refractivity contribution is 5.94. The van der Waals surface area contributed by atoms with Crippen LogP contribution in [0.3, 0.4) is 0 Å². The van der Waals surface area contributed by atoms with Crippen LogP contribution >= 0.6 is 0 Å². The highest BCUT2D eigenvalue weighted by atomic mass is 16.5. The lowest BCUT2D eigenvalue weighted by Gasteiger charge is -2.26. The fourth-order valence-electron chi connectivity index (χ4n) is 3.51. The summed E-state index contributed by atoms with van der Waals surface area (Å²) >= 11 is 0. The van der Waals surface area contributed by atoms with Gasteiger partial charge in [0.1, 0.15) is 0 Å². The molecule has 1 aliphatic carbocycles. The molecule has 1 amide bonds. The van der Waals surface area contributed by atoms with E-state index in [1.165, 1.54) is 6.42 Å². The Morgan fingerprint density at radius 2 is 1.87 bits per heavy atom. The van der Waals surface area contributed by atoms with Gasteiger partial charge in [0.15, 0.2) is 5.69 Å². The Kier molecular flexibility index (Phi) is 5.65. The second kappa shape index (κ2) is 8.53. The number of carbonyl (C=O) groups is 2. The van der Waals surface area contributed by atoms with E-state index >= 15 is 0 Å². The molecular weight excluding hydrogens is 378 g/mol. The van der Waals surface area contributed by atoms with Crippen LogP contribution in [-0.4, -0.2) is 34.3 Å². The molecule has 0 aliphatic heterocycles. The third kappa shape index (κ3) is 3.99. The number of hydrogen-bond acceptors (Lipinski definition) is 4. The zero-order valence-corrected chi connectivity index (χ0v) is 17.2. The maximum Gasteiger partial charge on any atom is 0.358 e. The van der Waals surface area contributed by atoms with Gasteiger partial charge in [0.25, 0.3) is 5.91 Å². The smallest absolute Gasteiger partial charge is 0.358 e. The number of aryl methyl sites for hydroxylation is 1. The number of carbonyl (C=O) groups excluding carboxylic acids is 2. The van der Waals surface area contributed by atoms with E-state index in [4.69, 9.17) is 4.74 Å². The van der Waals surface area contributed by atoms with Gasteiger partial charge in [0, 0.05) is 17.2 Å². The third-order valence-electron chi connectivity index (χ3n) is 5.43. The molecule has 1 N–H and O–H groups in total. The lowest BCUT2D eigenvalue weighted by molar-refractivity contribution is 0.0518. The van der Waals surface area contributed by atoms with Crippen LogP contribution in [0, 0.1) is 6.92 Å².